The average Bonchev–Trinajstić information content (AvgIpc) is 3.08. The second-order valence-corrected chi connectivity index (χ2v) is 8.39. The van der Waals surface area contributed by atoms with Crippen molar-refractivity contribution in [2.75, 3.05) is 0 Å². The van der Waals surface area contributed by atoms with Gasteiger partial charge in [0.25, 0.3) is 0 Å². The van der Waals surface area contributed by atoms with Gasteiger partial charge in [0.05, 0.1) is 16.6 Å². The minimum atomic E-state index is -0.193. The van der Waals surface area contributed by atoms with E-state index in [1.807, 2.05) is 29.6 Å². The molecule has 0 N–H and O–H groups in total. The van der Waals surface area contributed by atoms with Gasteiger partial charge in [-0.25, -0.2) is 4.98 Å². The normalized spacial score (nSPS) is 25.1. The maximum absolute atomic E-state index is 12.5. The van der Waals surface area contributed by atoms with Gasteiger partial charge in [0.2, 0.25) is 0 Å². The fourth-order valence-electron chi connectivity index (χ4n) is 4.07. The highest BCUT2D eigenvalue weighted by Gasteiger charge is 2.41. The van der Waals surface area contributed by atoms with E-state index in [-0.39, 0.29) is 30.3 Å². The van der Waals surface area contributed by atoms with E-state index in [4.69, 9.17) is 16.3 Å². The van der Waals surface area contributed by atoms with Crippen LogP contribution in [0.5, 0.6) is 0 Å². The molecule has 1 heterocycles. The highest BCUT2D eigenvalue weighted by Crippen LogP contribution is 2.40. The molecule has 2 fully saturated rings. The van der Waals surface area contributed by atoms with E-state index in [0.29, 0.717) is 23.6 Å². The first kappa shape index (κ1) is 17.7. The molecule has 0 spiro atoms. The Kier molecular flexibility index (Phi) is 5.09. The SMILES string of the molecule is O=C(OCc1csc(-c2ccccc2Cl)n1)C1C[C@H]2CCC[C@@H](C1)C2=O. The number of ketones is 1. The van der Waals surface area contributed by atoms with E-state index < -0.39 is 0 Å². The van der Waals surface area contributed by atoms with Gasteiger partial charge in [-0.2, -0.15) is 0 Å². The summed E-state index contributed by atoms with van der Waals surface area (Å²) < 4.78 is 5.51. The van der Waals surface area contributed by atoms with Crippen LogP contribution in [0.25, 0.3) is 10.6 Å². The lowest BCUT2D eigenvalue weighted by Crippen LogP contribution is -2.39. The molecule has 4 nitrogen and oxygen atoms in total. The molecular weight excluding hydrogens is 370 g/mol. The average molecular weight is 390 g/mol. The van der Waals surface area contributed by atoms with Crippen molar-refractivity contribution in [2.24, 2.45) is 17.8 Å². The summed E-state index contributed by atoms with van der Waals surface area (Å²) in [5.74, 6) is 0.146. The van der Waals surface area contributed by atoms with E-state index in [2.05, 4.69) is 4.98 Å². The van der Waals surface area contributed by atoms with Crippen LogP contribution in [-0.2, 0) is 20.9 Å². The molecule has 3 atom stereocenters. The zero-order chi connectivity index (χ0) is 18.1. The Hall–Kier alpha value is -1.72. The van der Waals surface area contributed by atoms with Crippen molar-refractivity contribution in [1.82, 2.24) is 4.98 Å². The summed E-state index contributed by atoms with van der Waals surface area (Å²) in [5.41, 5.74) is 1.61. The second-order valence-electron chi connectivity index (χ2n) is 7.13. The molecule has 0 saturated heterocycles. The first-order chi connectivity index (χ1) is 12.6. The molecule has 0 radical (unpaired) electrons. The Labute approximate surface area is 161 Å². The number of halogens is 1. The number of rotatable bonds is 4. The van der Waals surface area contributed by atoms with Gasteiger partial charge in [0.1, 0.15) is 17.4 Å². The third-order valence-electron chi connectivity index (χ3n) is 5.40. The van der Waals surface area contributed by atoms with Crippen molar-refractivity contribution in [3.63, 3.8) is 0 Å². The first-order valence-electron chi connectivity index (χ1n) is 9.01. The smallest absolute Gasteiger partial charge is 0.309 e. The van der Waals surface area contributed by atoms with Crippen molar-refractivity contribution in [2.45, 2.75) is 38.7 Å². The number of Topliss-reactive ketones (excluding diaryl/α,β-unsaturated/α-hetero) is 1. The summed E-state index contributed by atoms with van der Waals surface area (Å²) in [6, 6.07) is 7.56. The van der Waals surface area contributed by atoms with Crippen LogP contribution in [0.1, 0.15) is 37.8 Å². The molecule has 2 saturated carbocycles. The zero-order valence-corrected chi connectivity index (χ0v) is 15.9. The van der Waals surface area contributed by atoms with Gasteiger partial charge in [-0.05, 0) is 31.7 Å². The Balaban J connectivity index is 1.37. The number of nitrogens with zero attached hydrogens (tertiary/aromatic N) is 1. The highest BCUT2D eigenvalue weighted by atomic mass is 35.5. The molecular formula is C20H20ClNO3S. The molecule has 136 valence electrons. The predicted octanol–water partition coefficient (Wildman–Crippen LogP) is 4.90. The molecule has 2 aliphatic rings. The van der Waals surface area contributed by atoms with Crippen LogP contribution < -0.4 is 0 Å². The second kappa shape index (κ2) is 7.49. The summed E-state index contributed by atoms with van der Waals surface area (Å²) in [5, 5.41) is 3.37. The largest absolute Gasteiger partial charge is 0.459 e. The lowest BCUT2D eigenvalue weighted by atomic mass is 9.67. The number of aromatic nitrogens is 1. The van der Waals surface area contributed by atoms with Gasteiger partial charge < -0.3 is 4.74 Å². The molecule has 1 aromatic carbocycles. The van der Waals surface area contributed by atoms with Crippen LogP contribution in [0.4, 0.5) is 0 Å². The maximum Gasteiger partial charge on any atom is 0.309 e. The van der Waals surface area contributed by atoms with Gasteiger partial charge in [0.15, 0.2) is 0 Å². The molecule has 0 amide bonds. The third-order valence-corrected chi connectivity index (χ3v) is 6.65. The molecule has 4 rings (SSSR count). The molecule has 6 heteroatoms. The maximum atomic E-state index is 12.5. The number of thiazole rings is 1. The fraction of sp³-hybridized carbons (Fsp3) is 0.450. The van der Waals surface area contributed by atoms with Crippen molar-refractivity contribution >= 4 is 34.7 Å². The van der Waals surface area contributed by atoms with E-state index in [1.54, 1.807) is 0 Å². The van der Waals surface area contributed by atoms with Crippen LogP contribution >= 0.6 is 22.9 Å². The number of benzene rings is 1. The summed E-state index contributed by atoms with van der Waals surface area (Å²) in [6.45, 7) is 0.166. The van der Waals surface area contributed by atoms with Crippen LogP contribution in [0, 0.1) is 17.8 Å². The molecule has 2 bridgehead atoms. The Morgan fingerprint density at radius 2 is 1.96 bits per heavy atom. The minimum Gasteiger partial charge on any atom is -0.459 e. The summed E-state index contributed by atoms with van der Waals surface area (Å²) in [7, 11) is 0. The lowest BCUT2D eigenvalue weighted by molar-refractivity contribution is -0.154. The van der Waals surface area contributed by atoms with Crippen LogP contribution in [-0.4, -0.2) is 16.7 Å². The van der Waals surface area contributed by atoms with E-state index >= 15 is 0 Å². The third kappa shape index (κ3) is 3.55. The number of ether oxygens (including phenoxy) is 1. The van der Waals surface area contributed by atoms with Gasteiger partial charge in [-0.1, -0.05) is 36.2 Å². The molecule has 26 heavy (non-hydrogen) atoms. The Bertz CT molecular complexity index is 818. The summed E-state index contributed by atoms with van der Waals surface area (Å²) in [6.07, 6.45) is 4.25. The monoisotopic (exact) mass is 389 g/mol. The van der Waals surface area contributed by atoms with Crippen LogP contribution in [0.3, 0.4) is 0 Å². The summed E-state index contributed by atoms with van der Waals surface area (Å²) in [4.78, 5) is 29.1. The van der Waals surface area contributed by atoms with Crippen LogP contribution in [0.2, 0.25) is 5.02 Å². The van der Waals surface area contributed by atoms with E-state index in [9.17, 15) is 9.59 Å². The molecule has 1 aromatic heterocycles. The number of carbonyl (C=O) groups is 2. The topological polar surface area (TPSA) is 56.3 Å². The minimum absolute atomic E-state index is 0.0612. The number of hydrogen-bond acceptors (Lipinski definition) is 5. The Morgan fingerprint density at radius 3 is 2.69 bits per heavy atom. The quantitative estimate of drug-likeness (QED) is 0.697. The standard InChI is InChI=1S/C20H20ClNO3S/c21-17-7-2-1-6-16(17)19-22-15(11-26-19)10-25-20(24)14-8-12-4-3-5-13(9-14)18(12)23/h1-2,6-7,11-14H,3-5,8-10H2/t12-,13+,14?. The summed E-state index contributed by atoms with van der Waals surface area (Å²) >= 11 is 7.70. The van der Waals surface area contributed by atoms with E-state index in [1.165, 1.54) is 11.3 Å². The van der Waals surface area contributed by atoms with Gasteiger partial charge in [-0.15, -0.1) is 11.3 Å². The number of carbonyl (C=O) groups excluding carboxylic acids is 2. The van der Waals surface area contributed by atoms with Crippen molar-refractivity contribution in [3.05, 3.63) is 40.4 Å². The lowest BCUT2D eigenvalue weighted by Gasteiger charge is -2.36. The number of esters is 1. The fourth-order valence-corrected chi connectivity index (χ4v) is 5.19. The molecule has 2 aromatic rings. The van der Waals surface area contributed by atoms with Crippen molar-refractivity contribution in [1.29, 1.82) is 0 Å². The molecule has 2 aliphatic carbocycles. The molecule has 0 aliphatic heterocycles. The zero-order valence-electron chi connectivity index (χ0n) is 14.3. The van der Waals surface area contributed by atoms with E-state index in [0.717, 1.165) is 35.5 Å². The van der Waals surface area contributed by atoms with Crippen LogP contribution in [0.15, 0.2) is 29.6 Å². The number of fused-ring (bicyclic) bond motifs is 2. The van der Waals surface area contributed by atoms with Crippen molar-refractivity contribution < 1.29 is 14.3 Å². The Morgan fingerprint density at radius 1 is 1.23 bits per heavy atom. The van der Waals surface area contributed by atoms with Gasteiger partial charge in [-0.3, -0.25) is 9.59 Å². The molecule has 1 unspecified atom stereocenters. The first-order valence-corrected chi connectivity index (χ1v) is 10.3. The van der Waals surface area contributed by atoms with Crippen molar-refractivity contribution in [3.8, 4) is 10.6 Å². The highest BCUT2D eigenvalue weighted by molar-refractivity contribution is 7.13. The van der Waals surface area contributed by atoms with Gasteiger partial charge in [0, 0.05) is 22.8 Å². The predicted molar refractivity (Wildman–Crippen MR) is 101 cm³/mol. The van der Waals surface area contributed by atoms with Gasteiger partial charge >= 0.3 is 5.97 Å². The number of hydrogen-bond donors (Lipinski definition) is 0.